The van der Waals surface area contributed by atoms with E-state index in [1.165, 1.54) is 4.90 Å². The van der Waals surface area contributed by atoms with Gasteiger partial charge in [0, 0.05) is 31.9 Å². The Morgan fingerprint density at radius 3 is 2.64 bits per heavy atom. The summed E-state index contributed by atoms with van der Waals surface area (Å²) < 4.78 is 5.27. The van der Waals surface area contributed by atoms with E-state index in [2.05, 4.69) is 5.32 Å². The lowest BCUT2D eigenvalue weighted by Crippen LogP contribution is -2.40. The van der Waals surface area contributed by atoms with Gasteiger partial charge in [-0.15, -0.1) is 0 Å². The number of carbonyl (C=O) groups is 2. The summed E-state index contributed by atoms with van der Waals surface area (Å²) in [4.78, 5) is 26.0. The Balaban J connectivity index is 1.89. The first-order valence-electron chi connectivity index (χ1n) is 7.82. The Kier molecular flexibility index (Phi) is 5.95. The monoisotopic (exact) mass is 304 g/mol. The molecule has 0 spiro atoms. The maximum absolute atomic E-state index is 12.3. The van der Waals surface area contributed by atoms with Crippen LogP contribution >= 0.6 is 0 Å². The van der Waals surface area contributed by atoms with E-state index in [9.17, 15) is 9.59 Å². The first-order chi connectivity index (χ1) is 10.6. The van der Waals surface area contributed by atoms with Crippen molar-refractivity contribution in [1.29, 1.82) is 0 Å². The lowest BCUT2D eigenvalue weighted by molar-refractivity contribution is -0.139. The molecule has 0 atom stereocenters. The van der Waals surface area contributed by atoms with Crippen LogP contribution in [0.2, 0.25) is 0 Å². The average Bonchev–Trinajstić information content (AvgIpc) is 2.55. The van der Waals surface area contributed by atoms with E-state index in [0.717, 1.165) is 30.5 Å². The fourth-order valence-electron chi connectivity index (χ4n) is 2.69. The molecule has 1 heterocycles. The van der Waals surface area contributed by atoms with E-state index in [-0.39, 0.29) is 24.3 Å². The molecule has 1 saturated heterocycles. The van der Waals surface area contributed by atoms with Gasteiger partial charge < -0.3 is 15.0 Å². The molecule has 1 N–H and O–H groups in total. The molecule has 22 heavy (non-hydrogen) atoms. The second kappa shape index (κ2) is 7.94. The highest BCUT2D eigenvalue weighted by Crippen LogP contribution is 2.18. The van der Waals surface area contributed by atoms with Gasteiger partial charge in [0.1, 0.15) is 0 Å². The molecule has 0 saturated carbocycles. The normalized spacial score (nSPS) is 15.4. The summed E-state index contributed by atoms with van der Waals surface area (Å²) in [6.07, 6.45) is 2.33. The maximum Gasteiger partial charge on any atom is 0.243 e. The van der Waals surface area contributed by atoms with Crippen LogP contribution in [-0.2, 0) is 20.7 Å². The largest absolute Gasteiger partial charge is 0.381 e. The number of rotatable bonds is 5. The fraction of sp³-hybridized carbons (Fsp3) is 0.529. The van der Waals surface area contributed by atoms with Gasteiger partial charge in [0.05, 0.1) is 6.54 Å². The topological polar surface area (TPSA) is 58.6 Å². The number of ether oxygens (including phenoxy) is 1. The number of nitrogens with one attached hydrogen (secondary N) is 1. The van der Waals surface area contributed by atoms with Gasteiger partial charge in [-0.1, -0.05) is 25.1 Å². The molecule has 0 aliphatic carbocycles. The molecular weight excluding hydrogens is 280 g/mol. The predicted octanol–water partition coefficient (Wildman–Crippen LogP) is 2.07. The summed E-state index contributed by atoms with van der Waals surface area (Å²) in [7, 11) is 1.68. The van der Waals surface area contributed by atoms with E-state index in [0.29, 0.717) is 13.2 Å². The molecule has 1 aromatic rings. The van der Waals surface area contributed by atoms with Gasteiger partial charge in [0.15, 0.2) is 0 Å². The van der Waals surface area contributed by atoms with E-state index >= 15 is 0 Å². The van der Waals surface area contributed by atoms with Crippen LogP contribution in [0.4, 0.5) is 5.69 Å². The number of amides is 2. The molecule has 0 radical (unpaired) electrons. The number of benzene rings is 1. The first kappa shape index (κ1) is 16.5. The highest BCUT2D eigenvalue weighted by Gasteiger charge is 2.25. The van der Waals surface area contributed by atoms with Crippen molar-refractivity contribution >= 4 is 17.5 Å². The van der Waals surface area contributed by atoms with Crippen LogP contribution in [0.1, 0.15) is 25.3 Å². The number of aryl methyl sites for hydroxylation is 1. The molecule has 0 aromatic heterocycles. The van der Waals surface area contributed by atoms with Crippen LogP contribution in [-0.4, -0.2) is 43.5 Å². The Bertz CT molecular complexity index is 524. The molecule has 1 aromatic carbocycles. The zero-order valence-electron chi connectivity index (χ0n) is 13.3. The first-order valence-corrected chi connectivity index (χ1v) is 7.82. The van der Waals surface area contributed by atoms with Gasteiger partial charge in [-0.05, 0) is 30.9 Å². The SMILES string of the molecule is CCc1ccccc1NC(=O)CN(C)C(=O)C1CCOCC1. The third kappa shape index (κ3) is 4.31. The van der Waals surface area contributed by atoms with Crippen molar-refractivity contribution in [3.8, 4) is 0 Å². The molecule has 1 fully saturated rings. The minimum atomic E-state index is -0.163. The number of likely N-dealkylation sites (N-methyl/N-ethyl adjacent to an activating group) is 1. The number of para-hydroxylation sites is 1. The molecule has 2 rings (SSSR count). The third-order valence-electron chi connectivity index (χ3n) is 4.00. The minimum absolute atomic E-state index is 0.0190. The van der Waals surface area contributed by atoms with Crippen LogP contribution < -0.4 is 5.32 Å². The van der Waals surface area contributed by atoms with Gasteiger partial charge in [0.2, 0.25) is 11.8 Å². The molecule has 0 unspecified atom stereocenters. The standard InChI is InChI=1S/C17H24N2O3/c1-3-13-6-4-5-7-15(13)18-16(20)12-19(2)17(21)14-8-10-22-11-9-14/h4-7,14H,3,8-12H2,1-2H3,(H,18,20). The molecule has 2 amide bonds. The van der Waals surface area contributed by atoms with Crippen LogP contribution in [0.3, 0.4) is 0 Å². The molecule has 1 aliphatic rings. The van der Waals surface area contributed by atoms with Gasteiger partial charge in [0.25, 0.3) is 0 Å². The van der Waals surface area contributed by atoms with E-state index in [1.807, 2.05) is 31.2 Å². The highest BCUT2D eigenvalue weighted by atomic mass is 16.5. The van der Waals surface area contributed by atoms with E-state index < -0.39 is 0 Å². The number of hydrogen-bond acceptors (Lipinski definition) is 3. The molecule has 0 bridgehead atoms. The van der Waals surface area contributed by atoms with Crippen molar-refractivity contribution in [3.05, 3.63) is 29.8 Å². The summed E-state index contributed by atoms with van der Waals surface area (Å²) >= 11 is 0. The molecule has 1 aliphatic heterocycles. The zero-order valence-corrected chi connectivity index (χ0v) is 13.3. The Hall–Kier alpha value is -1.88. The van der Waals surface area contributed by atoms with Crippen molar-refractivity contribution in [2.45, 2.75) is 26.2 Å². The van der Waals surface area contributed by atoms with Crippen molar-refractivity contribution < 1.29 is 14.3 Å². The van der Waals surface area contributed by atoms with Crippen molar-refractivity contribution in [3.63, 3.8) is 0 Å². The average molecular weight is 304 g/mol. The van der Waals surface area contributed by atoms with Crippen LogP contribution in [0.25, 0.3) is 0 Å². The molecule has 5 nitrogen and oxygen atoms in total. The van der Waals surface area contributed by atoms with Gasteiger partial charge in [-0.3, -0.25) is 9.59 Å². The summed E-state index contributed by atoms with van der Waals surface area (Å²) in [5, 5.41) is 2.89. The van der Waals surface area contributed by atoms with Crippen molar-refractivity contribution in [2.24, 2.45) is 5.92 Å². The quantitative estimate of drug-likeness (QED) is 0.906. The van der Waals surface area contributed by atoms with Crippen LogP contribution in [0, 0.1) is 5.92 Å². The Morgan fingerprint density at radius 2 is 1.95 bits per heavy atom. The molecule has 5 heteroatoms. The maximum atomic E-state index is 12.3. The second-order valence-electron chi connectivity index (χ2n) is 5.64. The smallest absolute Gasteiger partial charge is 0.243 e. The summed E-state index contributed by atoms with van der Waals surface area (Å²) in [5.41, 5.74) is 1.91. The number of anilines is 1. The number of nitrogens with zero attached hydrogens (tertiary/aromatic N) is 1. The van der Waals surface area contributed by atoms with Crippen LogP contribution in [0.15, 0.2) is 24.3 Å². The summed E-state index contributed by atoms with van der Waals surface area (Å²) in [5.74, 6) is -0.152. The van der Waals surface area contributed by atoms with E-state index in [4.69, 9.17) is 4.74 Å². The van der Waals surface area contributed by atoms with E-state index in [1.54, 1.807) is 7.05 Å². The second-order valence-corrected chi connectivity index (χ2v) is 5.64. The molecule has 120 valence electrons. The Labute approximate surface area is 131 Å². The summed E-state index contributed by atoms with van der Waals surface area (Å²) in [6, 6.07) is 7.73. The van der Waals surface area contributed by atoms with Crippen molar-refractivity contribution in [2.75, 3.05) is 32.1 Å². The Morgan fingerprint density at radius 1 is 1.27 bits per heavy atom. The predicted molar refractivity (Wildman–Crippen MR) is 85.6 cm³/mol. The van der Waals surface area contributed by atoms with Gasteiger partial charge >= 0.3 is 0 Å². The van der Waals surface area contributed by atoms with Gasteiger partial charge in [-0.25, -0.2) is 0 Å². The lowest BCUT2D eigenvalue weighted by atomic mass is 9.99. The van der Waals surface area contributed by atoms with Crippen molar-refractivity contribution in [1.82, 2.24) is 4.90 Å². The van der Waals surface area contributed by atoms with Gasteiger partial charge in [-0.2, -0.15) is 0 Å². The number of carbonyl (C=O) groups excluding carboxylic acids is 2. The van der Waals surface area contributed by atoms with Crippen LogP contribution in [0.5, 0.6) is 0 Å². The summed E-state index contributed by atoms with van der Waals surface area (Å²) in [6.45, 7) is 3.38. The lowest BCUT2D eigenvalue weighted by Gasteiger charge is -2.26. The molecular formula is C17H24N2O3. The fourth-order valence-corrected chi connectivity index (χ4v) is 2.69. The number of hydrogen-bond donors (Lipinski definition) is 1. The highest BCUT2D eigenvalue weighted by molar-refractivity contribution is 5.95. The third-order valence-corrected chi connectivity index (χ3v) is 4.00. The zero-order chi connectivity index (χ0) is 15.9. The minimum Gasteiger partial charge on any atom is -0.381 e.